The summed E-state index contributed by atoms with van der Waals surface area (Å²) in [5, 5.41) is 3.13. The average molecular weight is 366 g/mol. The van der Waals surface area contributed by atoms with E-state index in [-0.39, 0.29) is 10.8 Å². The normalized spacial score (nSPS) is 18.5. The zero-order chi connectivity index (χ0) is 17.2. The lowest BCUT2D eigenvalue weighted by Gasteiger charge is -2.23. The van der Waals surface area contributed by atoms with Gasteiger partial charge in [-0.15, -0.1) is 0 Å². The third-order valence-electron chi connectivity index (χ3n) is 3.84. The van der Waals surface area contributed by atoms with Crippen LogP contribution in [0.3, 0.4) is 0 Å². The maximum absolute atomic E-state index is 12.8. The molecule has 2 aromatic rings. The number of rotatable bonds is 4. The Hall–Kier alpha value is -1.96. The highest BCUT2D eigenvalue weighted by Crippen LogP contribution is 2.27. The van der Waals surface area contributed by atoms with Crippen molar-refractivity contribution in [3.05, 3.63) is 53.7 Å². The van der Waals surface area contributed by atoms with Crippen LogP contribution in [0.1, 0.15) is 12.8 Å². The number of carbonyl (C=O) groups excluding carboxylic acids is 1. The van der Waals surface area contributed by atoms with Crippen LogP contribution in [0.15, 0.2) is 53.6 Å². The Morgan fingerprint density at radius 1 is 1.21 bits per heavy atom. The monoisotopic (exact) mass is 365 g/mol. The maximum Gasteiger partial charge on any atom is 0.243 e. The fraction of sp³-hybridized carbons (Fsp3) is 0.250. The molecule has 6 nitrogen and oxygen atoms in total. The van der Waals surface area contributed by atoms with Gasteiger partial charge in [0.15, 0.2) is 0 Å². The van der Waals surface area contributed by atoms with Gasteiger partial charge in [-0.2, -0.15) is 4.31 Å². The van der Waals surface area contributed by atoms with Crippen LogP contribution < -0.4 is 5.32 Å². The summed E-state index contributed by atoms with van der Waals surface area (Å²) in [5.41, 5.74) is 0. The molecule has 0 spiro atoms. The molecule has 3 rings (SSSR count). The first-order valence-corrected chi connectivity index (χ1v) is 9.29. The van der Waals surface area contributed by atoms with Crippen LogP contribution in [-0.4, -0.2) is 36.2 Å². The van der Waals surface area contributed by atoms with E-state index >= 15 is 0 Å². The van der Waals surface area contributed by atoms with E-state index in [9.17, 15) is 13.2 Å². The first-order valence-electron chi connectivity index (χ1n) is 7.48. The molecular formula is C16H16ClN3O3S. The van der Waals surface area contributed by atoms with Crippen LogP contribution in [-0.2, 0) is 14.8 Å². The van der Waals surface area contributed by atoms with Crippen molar-refractivity contribution in [1.29, 1.82) is 0 Å². The number of pyridine rings is 1. The summed E-state index contributed by atoms with van der Waals surface area (Å²) >= 11 is 5.81. The number of benzene rings is 1. The number of hydrogen-bond donors (Lipinski definition) is 1. The second kappa shape index (κ2) is 6.88. The van der Waals surface area contributed by atoms with Gasteiger partial charge in [0.1, 0.15) is 11.9 Å². The Balaban J connectivity index is 1.82. The number of nitrogens with zero attached hydrogens (tertiary/aromatic N) is 2. The lowest BCUT2D eigenvalue weighted by Crippen LogP contribution is -2.43. The predicted molar refractivity (Wildman–Crippen MR) is 91.2 cm³/mol. The minimum atomic E-state index is -3.75. The van der Waals surface area contributed by atoms with Gasteiger partial charge in [0.25, 0.3) is 0 Å². The topological polar surface area (TPSA) is 79.4 Å². The molecule has 1 aliphatic heterocycles. The first-order chi connectivity index (χ1) is 11.5. The molecule has 1 aromatic carbocycles. The zero-order valence-electron chi connectivity index (χ0n) is 12.7. The Labute approximate surface area is 145 Å². The summed E-state index contributed by atoms with van der Waals surface area (Å²) < 4.78 is 26.8. The van der Waals surface area contributed by atoms with Crippen LogP contribution in [0.4, 0.5) is 5.82 Å². The molecule has 1 amide bonds. The number of anilines is 1. The standard InChI is InChI=1S/C16H16ClN3O3S/c17-12-6-8-13(9-7-12)24(22,23)20-11-3-4-14(20)16(21)19-15-5-1-2-10-18-15/h1-2,5-10,14H,3-4,11H2,(H,18,19,21)/t14-/m1/s1. The van der Waals surface area contributed by atoms with Crippen molar-refractivity contribution in [3.63, 3.8) is 0 Å². The first kappa shape index (κ1) is 16.9. The van der Waals surface area contributed by atoms with E-state index < -0.39 is 16.1 Å². The summed E-state index contributed by atoms with van der Waals surface area (Å²) in [5.74, 6) is 0.0296. The fourth-order valence-electron chi connectivity index (χ4n) is 2.68. The maximum atomic E-state index is 12.8. The molecule has 1 aromatic heterocycles. The van der Waals surface area contributed by atoms with E-state index in [0.29, 0.717) is 30.2 Å². The van der Waals surface area contributed by atoms with Crippen molar-refractivity contribution >= 4 is 33.3 Å². The van der Waals surface area contributed by atoms with Crippen LogP contribution in [0.2, 0.25) is 5.02 Å². The summed E-state index contributed by atoms with van der Waals surface area (Å²) in [6.07, 6.45) is 2.67. The highest BCUT2D eigenvalue weighted by atomic mass is 35.5. The largest absolute Gasteiger partial charge is 0.309 e. The van der Waals surface area contributed by atoms with Gasteiger partial charge >= 0.3 is 0 Å². The molecule has 0 saturated carbocycles. The van der Waals surface area contributed by atoms with E-state index in [1.807, 2.05) is 0 Å². The van der Waals surface area contributed by atoms with Crippen molar-refractivity contribution in [2.45, 2.75) is 23.8 Å². The number of hydrogen-bond acceptors (Lipinski definition) is 4. The molecule has 1 N–H and O–H groups in total. The number of sulfonamides is 1. The Morgan fingerprint density at radius 2 is 1.96 bits per heavy atom. The van der Waals surface area contributed by atoms with Gasteiger partial charge in [0, 0.05) is 17.8 Å². The molecule has 0 radical (unpaired) electrons. The van der Waals surface area contributed by atoms with E-state index in [1.54, 1.807) is 24.4 Å². The number of halogens is 1. The second-order valence-electron chi connectivity index (χ2n) is 5.43. The fourth-order valence-corrected chi connectivity index (χ4v) is 4.46. The summed E-state index contributed by atoms with van der Waals surface area (Å²) in [4.78, 5) is 16.6. The van der Waals surface area contributed by atoms with Crippen molar-refractivity contribution in [3.8, 4) is 0 Å². The van der Waals surface area contributed by atoms with Crippen molar-refractivity contribution in [1.82, 2.24) is 9.29 Å². The van der Waals surface area contributed by atoms with E-state index in [0.717, 1.165) is 0 Å². The van der Waals surface area contributed by atoms with E-state index in [1.165, 1.54) is 28.6 Å². The van der Waals surface area contributed by atoms with Gasteiger partial charge in [-0.05, 0) is 49.2 Å². The van der Waals surface area contributed by atoms with Crippen molar-refractivity contribution in [2.75, 3.05) is 11.9 Å². The number of aromatic nitrogens is 1. The molecule has 126 valence electrons. The summed E-state index contributed by atoms with van der Waals surface area (Å²) in [6.45, 7) is 0.311. The molecule has 1 atom stereocenters. The third kappa shape index (κ3) is 3.43. The predicted octanol–water partition coefficient (Wildman–Crippen LogP) is 2.53. The lowest BCUT2D eigenvalue weighted by atomic mass is 10.2. The molecule has 0 bridgehead atoms. The van der Waals surface area contributed by atoms with Crippen molar-refractivity contribution in [2.24, 2.45) is 0 Å². The summed E-state index contributed by atoms with van der Waals surface area (Å²) in [7, 11) is -3.75. The highest BCUT2D eigenvalue weighted by Gasteiger charge is 2.39. The van der Waals surface area contributed by atoms with Crippen LogP contribution in [0, 0.1) is 0 Å². The van der Waals surface area contributed by atoms with Crippen LogP contribution in [0.5, 0.6) is 0 Å². The number of amides is 1. The number of carbonyl (C=O) groups is 1. The Bertz CT molecular complexity index is 825. The molecule has 1 fully saturated rings. The summed E-state index contributed by atoms with van der Waals surface area (Å²) in [6, 6.07) is 10.3. The third-order valence-corrected chi connectivity index (χ3v) is 6.02. The van der Waals surface area contributed by atoms with Gasteiger partial charge in [-0.3, -0.25) is 4.79 Å². The SMILES string of the molecule is O=C(Nc1ccccn1)[C@H]1CCCN1S(=O)(=O)c1ccc(Cl)cc1. The molecule has 8 heteroatoms. The zero-order valence-corrected chi connectivity index (χ0v) is 14.3. The molecular weight excluding hydrogens is 350 g/mol. The van der Waals surface area contributed by atoms with E-state index in [2.05, 4.69) is 10.3 Å². The lowest BCUT2D eigenvalue weighted by molar-refractivity contribution is -0.119. The second-order valence-corrected chi connectivity index (χ2v) is 7.76. The van der Waals surface area contributed by atoms with Gasteiger partial charge in [0.2, 0.25) is 15.9 Å². The van der Waals surface area contributed by atoms with Crippen LogP contribution in [0.25, 0.3) is 0 Å². The Kier molecular flexibility index (Phi) is 4.84. The van der Waals surface area contributed by atoms with Crippen LogP contribution >= 0.6 is 11.6 Å². The van der Waals surface area contributed by atoms with Gasteiger partial charge in [0.05, 0.1) is 4.90 Å². The molecule has 0 aliphatic carbocycles. The van der Waals surface area contributed by atoms with Gasteiger partial charge in [-0.25, -0.2) is 13.4 Å². The average Bonchev–Trinajstić information content (AvgIpc) is 3.07. The Morgan fingerprint density at radius 3 is 2.62 bits per heavy atom. The molecule has 2 heterocycles. The highest BCUT2D eigenvalue weighted by molar-refractivity contribution is 7.89. The molecule has 1 aliphatic rings. The molecule has 0 unspecified atom stereocenters. The van der Waals surface area contributed by atoms with Gasteiger partial charge in [-0.1, -0.05) is 17.7 Å². The van der Waals surface area contributed by atoms with Gasteiger partial charge < -0.3 is 5.32 Å². The minimum absolute atomic E-state index is 0.129. The molecule has 24 heavy (non-hydrogen) atoms. The van der Waals surface area contributed by atoms with E-state index in [4.69, 9.17) is 11.6 Å². The smallest absolute Gasteiger partial charge is 0.243 e. The molecule has 1 saturated heterocycles. The quantitative estimate of drug-likeness (QED) is 0.902. The van der Waals surface area contributed by atoms with Crippen molar-refractivity contribution < 1.29 is 13.2 Å². The minimum Gasteiger partial charge on any atom is -0.309 e. The number of nitrogens with one attached hydrogen (secondary N) is 1.